The van der Waals surface area contributed by atoms with E-state index in [1.807, 2.05) is 72.8 Å². The van der Waals surface area contributed by atoms with Crippen molar-refractivity contribution in [1.82, 2.24) is 9.80 Å². The molecular weight excluding hydrogens is 522 g/mol. The first kappa shape index (κ1) is 25.9. The number of hydrogen-bond donors (Lipinski definition) is 0. The van der Waals surface area contributed by atoms with Crippen molar-refractivity contribution in [2.75, 3.05) is 37.6 Å². The molecule has 2 saturated heterocycles. The quantitative estimate of drug-likeness (QED) is 0.374. The van der Waals surface area contributed by atoms with Gasteiger partial charge in [-0.3, -0.25) is 19.3 Å². The molecule has 3 amide bonds. The first-order chi connectivity index (χ1) is 18.5. The van der Waals surface area contributed by atoms with Crippen LogP contribution in [0.4, 0.5) is 10.5 Å². The van der Waals surface area contributed by atoms with Crippen LogP contribution in [0.3, 0.4) is 0 Å². The lowest BCUT2D eigenvalue weighted by Gasteiger charge is -2.36. The molecule has 2 fully saturated rings. The number of para-hydroxylation sites is 1. The zero-order valence-electron chi connectivity index (χ0n) is 20.6. The molecule has 2 aliphatic heterocycles. The number of carbonyl (C=O) groups is 3. The summed E-state index contributed by atoms with van der Waals surface area (Å²) in [6.07, 6.45) is 1.65. The van der Waals surface area contributed by atoms with Gasteiger partial charge in [-0.2, -0.15) is 0 Å². The van der Waals surface area contributed by atoms with Crippen LogP contribution in [0, 0.1) is 0 Å². The molecule has 3 aromatic carbocycles. The number of anilines is 1. The fourth-order valence-corrected chi connectivity index (χ4v) is 5.38. The number of nitrogens with zero attached hydrogens (tertiary/aromatic N) is 3. The van der Waals surface area contributed by atoms with Gasteiger partial charge in [0.25, 0.3) is 11.1 Å². The highest BCUT2D eigenvalue weighted by atomic mass is 35.5. The van der Waals surface area contributed by atoms with Gasteiger partial charge in [-0.05, 0) is 53.7 Å². The number of imide groups is 1. The van der Waals surface area contributed by atoms with Crippen molar-refractivity contribution in [3.63, 3.8) is 0 Å². The van der Waals surface area contributed by atoms with Gasteiger partial charge in [0.1, 0.15) is 18.9 Å². The first-order valence-corrected chi connectivity index (χ1v) is 13.5. The van der Waals surface area contributed by atoms with Gasteiger partial charge in [0.2, 0.25) is 5.91 Å². The molecule has 0 atom stereocenters. The van der Waals surface area contributed by atoms with Crippen molar-refractivity contribution >= 4 is 52.2 Å². The van der Waals surface area contributed by atoms with Crippen molar-refractivity contribution in [2.45, 2.75) is 6.61 Å². The molecule has 0 saturated carbocycles. The maximum atomic E-state index is 13.0. The molecule has 0 bridgehead atoms. The number of rotatable bonds is 7. The summed E-state index contributed by atoms with van der Waals surface area (Å²) in [4.78, 5) is 43.8. The second-order valence-electron chi connectivity index (χ2n) is 8.92. The Kier molecular flexibility index (Phi) is 8.00. The molecular formula is C29H26ClN3O4S. The lowest BCUT2D eigenvalue weighted by molar-refractivity contribution is -0.136. The number of hydrogen-bond acceptors (Lipinski definition) is 6. The normalized spacial score (nSPS) is 16.9. The number of thioether (sulfide) groups is 1. The average Bonchev–Trinajstić information content (AvgIpc) is 3.20. The van der Waals surface area contributed by atoms with Crippen molar-refractivity contribution in [1.29, 1.82) is 0 Å². The third kappa shape index (κ3) is 6.03. The molecule has 0 aliphatic carbocycles. The summed E-state index contributed by atoms with van der Waals surface area (Å²) in [6, 6.07) is 24.8. The minimum absolute atomic E-state index is 0.226. The van der Waals surface area contributed by atoms with Gasteiger partial charge >= 0.3 is 0 Å². The zero-order valence-corrected chi connectivity index (χ0v) is 22.2. The summed E-state index contributed by atoms with van der Waals surface area (Å²) >= 11 is 7.04. The van der Waals surface area contributed by atoms with Crippen LogP contribution in [0.2, 0.25) is 5.02 Å². The van der Waals surface area contributed by atoms with Crippen LogP contribution in [-0.2, 0) is 16.2 Å². The molecule has 0 radical (unpaired) electrons. The summed E-state index contributed by atoms with van der Waals surface area (Å²) in [5.41, 5.74) is 2.70. The van der Waals surface area contributed by atoms with Crippen LogP contribution >= 0.6 is 23.4 Å². The monoisotopic (exact) mass is 547 g/mol. The number of ether oxygens (including phenoxy) is 1. The highest BCUT2D eigenvalue weighted by Gasteiger charge is 2.37. The number of amides is 3. The van der Waals surface area contributed by atoms with Gasteiger partial charge in [0.05, 0.1) is 4.91 Å². The molecule has 194 valence electrons. The van der Waals surface area contributed by atoms with Crippen molar-refractivity contribution in [3.8, 4) is 5.75 Å². The van der Waals surface area contributed by atoms with E-state index in [9.17, 15) is 14.4 Å². The Morgan fingerprint density at radius 2 is 1.66 bits per heavy atom. The minimum atomic E-state index is -0.460. The Hall–Kier alpha value is -3.75. The molecule has 0 aromatic heterocycles. The smallest absolute Gasteiger partial charge is 0.294 e. The summed E-state index contributed by atoms with van der Waals surface area (Å²) in [6.45, 7) is 2.54. The average molecular weight is 548 g/mol. The van der Waals surface area contributed by atoms with Crippen molar-refractivity contribution in [3.05, 3.63) is 99.9 Å². The van der Waals surface area contributed by atoms with Gasteiger partial charge < -0.3 is 14.5 Å². The highest BCUT2D eigenvalue weighted by Crippen LogP contribution is 2.33. The summed E-state index contributed by atoms with van der Waals surface area (Å²) < 4.78 is 5.87. The second kappa shape index (κ2) is 11.8. The van der Waals surface area contributed by atoms with E-state index in [4.69, 9.17) is 16.3 Å². The van der Waals surface area contributed by atoms with E-state index in [2.05, 4.69) is 4.90 Å². The Morgan fingerprint density at radius 1 is 0.921 bits per heavy atom. The Balaban J connectivity index is 1.18. The van der Waals surface area contributed by atoms with Crippen LogP contribution in [0.1, 0.15) is 11.1 Å². The summed E-state index contributed by atoms with van der Waals surface area (Å²) in [7, 11) is 0. The summed E-state index contributed by atoms with van der Waals surface area (Å²) in [5, 5.41) is 0.189. The standard InChI is InChI=1S/C29H26ClN3O4S/c30-25-12-5-4-8-22(25)20-37-24-11-6-7-21(17-24)18-26-28(35)33(29(36)38-26)19-27(34)32-15-13-31(14-16-32)23-9-2-1-3-10-23/h1-12,17-18H,13-16,19-20H2/b26-18+. The molecule has 7 nitrogen and oxygen atoms in total. The molecule has 0 spiro atoms. The highest BCUT2D eigenvalue weighted by molar-refractivity contribution is 8.18. The first-order valence-electron chi connectivity index (χ1n) is 12.3. The topological polar surface area (TPSA) is 70.2 Å². The largest absolute Gasteiger partial charge is 0.489 e. The van der Waals surface area contributed by atoms with E-state index in [0.717, 1.165) is 33.5 Å². The molecule has 2 aliphatic rings. The van der Waals surface area contributed by atoms with E-state index in [1.54, 1.807) is 17.0 Å². The predicted octanol–water partition coefficient (Wildman–Crippen LogP) is 5.30. The Morgan fingerprint density at radius 3 is 2.42 bits per heavy atom. The van der Waals surface area contributed by atoms with Crippen molar-refractivity contribution in [2.24, 2.45) is 0 Å². The van der Waals surface area contributed by atoms with E-state index in [1.165, 1.54) is 0 Å². The predicted molar refractivity (Wildman–Crippen MR) is 150 cm³/mol. The SMILES string of the molecule is O=C(CN1C(=O)S/C(=C/c2cccc(OCc3ccccc3Cl)c2)C1=O)N1CCN(c2ccccc2)CC1. The number of halogens is 1. The summed E-state index contributed by atoms with van der Waals surface area (Å²) in [5.74, 6) is -0.0717. The van der Waals surface area contributed by atoms with E-state index >= 15 is 0 Å². The third-order valence-corrected chi connectivity index (χ3v) is 7.70. The number of benzene rings is 3. The van der Waals surface area contributed by atoms with E-state index < -0.39 is 11.1 Å². The number of carbonyl (C=O) groups excluding carboxylic acids is 3. The van der Waals surface area contributed by atoms with Gasteiger partial charge in [-0.15, -0.1) is 0 Å². The molecule has 2 heterocycles. The van der Waals surface area contributed by atoms with Crippen LogP contribution in [0.5, 0.6) is 5.75 Å². The molecule has 5 rings (SSSR count). The van der Waals surface area contributed by atoms with Crippen LogP contribution in [-0.4, -0.2) is 59.6 Å². The van der Waals surface area contributed by atoms with Crippen LogP contribution in [0.25, 0.3) is 6.08 Å². The maximum Gasteiger partial charge on any atom is 0.294 e. The molecule has 0 N–H and O–H groups in total. The minimum Gasteiger partial charge on any atom is -0.489 e. The Labute approximate surface area is 230 Å². The lowest BCUT2D eigenvalue weighted by Crippen LogP contribution is -2.51. The van der Waals surface area contributed by atoms with E-state index in [0.29, 0.717) is 43.6 Å². The van der Waals surface area contributed by atoms with Gasteiger partial charge in [-0.1, -0.05) is 60.1 Å². The molecule has 3 aromatic rings. The lowest BCUT2D eigenvalue weighted by atomic mass is 10.2. The molecule has 0 unspecified atom stereocenters. The van der Waals surface area contributed by atoms with Crippen LogP contribution < -0.4 is 9.64 Å². The zero-order chi connectivity index (χ0) is 26.5. The van der Waals surface area contributed by atoms with Gasteiger partial charge in [0.15, 0.2) is 0 Å². The number of piperazine rings is 1. The maximum absolute atomic E-state index is 13.0. The fraction of sp³-hybridized carbons (Fsp3) is 0.207. The second-order valence-corrected chi connectivity index (χ2v) is 10.3. The Bertz CT molecular complexity index is 1370. The van der Waals surface area contributed by atoms with Gasteiger partial charge in [0, 0.05) is 42.5 Å². The van der Waals surface area contributed by atoms with Crippen molar-refractivity contribution < 1.29 is 19.1 Å². The molecule has 38 heavy (non-hydrogen) atoms. The third-order valence-electron chi connectivity index (χ3n) is 6.43. The van der Waals surface area contributed by atoms with E-state index in [-0.39, 0.29) is 17.4 Å². The van der Waals surface area contributed by atoms with Gasteiger partial charge in [-0.25, -0.2) is 0 Å². The van der Waals surface area contributed by atoms with Crippen LogP contribution in [0.15, 0.2) is 83.8 Å². The fourth-order valence-electron chi connectivity index (χ4n) is 4.35. The molecule has 9 heteroatoms.